The second kappa shape index (κ2) is 4.00. The zero-order chi connectivity index (χ0) is 11.9. The average molecular weight is 217 g/mol. The molecule has 1 aliphatic heterocycles. The van der Waals surface area contributed by atoms with E-state index in [1.165, 1.54) is 0 Å². The maximum atomic E-state index is 11.6. The smallest absolute Gasteiger partial charge is 0.224 e. The largest absolute Gasteiger partial charge is 0.494 e. The molecule has 1 aliphatic carbocycles. The van der Waals surface area contributed by atoms with Crippen LogP contribution >= 0.6 is 0 Å². The van der Waals surface area contributed by atoms with Crippen LogP contribution in [0.25, 0.3) is 0 Å². The van der Waals surface area contributed by atoms with Crippen LogP contribution < -0.4 is 0 Å². The Morgan fingerprint density at radius 2 is 2.25 bits per heavy atom. The minimum Gasteiger partial charge on any atom is -0.494 e. The van der Waals surface area contributed by atoms with Gasteiger partial charge < -0.3 is 9.64 Å². The van der Waals surface area contributed by atoms with Crippen LogP contribution in [0.1, 0.15) is 27.2 Å². The molecule has 0 fully saturated rings. The number of carbonyl (C=O) groups is 1. The molecule has 0 aromatic heterocycles. The number of nitrogens with zero attached hydrogens (tertiary/aromatic N) is 1. The van der Waals surface area contributed by atoms with Gasteiger partial charge in [0.2, 0.25) is 5.91 Å². The highest BCUT2D eigenvalue weighted by Crippen LogP contribution is 2.36. The van der Waals surface area contributed by atoms with Crippen molar-refractivity contribution in [3.05, 3.63) is 22.5 Å². The first-order valence-electron chi connectivity index (χ1n) is 5.63. The third-order valence-electron chi connectivity index (χ3n) is 3.32. The topological polar surface area (TPSA) is 29.5 Å². The Morgan fingerprint density at radius 3 is 2.88 bits per heavy atom. The van der Waals surface area contributed by atoms with Crippen molar-refractivity contribution in [1.82, 2.24) is 4.90 Å². The quantitative estimate of drug-likeness (QED) is 0.576. The van der Waals surface area contributed by atoms with Gasteiger partial charge in [0.15, 0.2) is 0 Å². The zero-order valence-electron chi connectivity index (χ0n) is 10.0. The SMILES string of the molecule is [B]C1=C(C)C2=C(CC1C)OCCN2C(C)=O. The molecule has 0 aromatic carbocycles. The third-order valence-corrected chi connectivity index (χ3v) is 3.32. The summed E-state index contributed by atoms with van der Waals surface area (Å²) in [5.74, 6) is 1.27. The summed E-state index contributed by atoms with van der Waals surface area (Å²) in [6.07, 6.45) is 0.794. The molecule has 4 heteroatoms. The zero-order valence-corrected chi connectivity index (χ0v) is 10.0. The summed E-state index contributed by atoms with van der Waals surface area (Å²) in [5.41, 5.74) is 2.76. The normalized spacial score (nSPS) is 25.4. The van der Waals surface area contributed by atoms with E-state index in [-0.39, 0.29) is 5.91 Å². The Labute approximate surface area is 97.5 Å². The summed E-state index contributed by atoms with van der Waals surface area (Å²) in [4.78, 5) is 13.3. The van der Waals surface area contributed by atoms with Crippen LogP contribution in [0, 0.1) is 5.92 Å². The lowest BCUT2D eigenvalue weighted by Crippen LogP contribution is -2.38. The van der Waals surface area contributed by atoms with E-state index >= 15 is 0 Å². The second-order valence-electron chi connectivity index (χ2n) is 4.48. The molecule has 3 nitrogen and oxygen atoms in total. The molecule has 1 unspecified atom stereocenters. The fraction of sp³-hybridized carbons (Fsp3) is 0.583. The molecule has 0 N–H and O–H groups in total. The molecule has 84 valence electrons. The number of ether oxygens (including phenoxy) is 1. The van der Waals surface area contributed by atoms with E-state index in [4.69, 9.17) is 12.6 Å². The Kier molecular flexibility index (Phi) is 2.83. The van der Waals surface area contributed by atoms with Gasteiger partial charge in [-0.25, -0.2) is 0 Å². The molecular formula is C12H16BNO2. The fourth-order valence-corrected chi connectivity index (χ4v) is 2.37. The predicted molar refractivity (Wildman–Crippen MR) is 62.6 cm³/mol. The van der Waals surface area contributed by atoms with E-state index in [1.54, 1.807) is 11.8 Å². The van der Waals surface area contributed by atoms with E-state index in [9.17, 15) is 4.79 Å². The average Bonchev–Trinajstić information content (AvgIpc) is 2.25. The van der Waals surface area contributed by atoms with Crippen molar-refractivity contribution in [2.24, 2.45) is 5.92 Å². The Hall–Kier alpha value is -1.19. The van der Waals surface area contributed by atoms with Gasteiger partial charge in [-0.2, -0.15) is 0 Å². The lowest BCUT2D eigenvalue weighted by molar-refractivity contribution is -0.128. The Morgan fingerprint density at radius 1 is 1.56 bits per heavy atom. The van der Waals surface area contributed by atoms with Crippen molar-refractivity contribution in [3.63, 3.8) is 0 Å². The highest BCUT2D eigenvalue weighted by atomic mass is 16.5. The molecule has 0 saturated heterocycles. The number of hydrogen-bond donors (Lipinski definition) is 0. The standard InChI is InChI=1S/C12H16BNO2/c1-7-6-10-12(8(2)11(7)13)14(9(3)15)4-5-16-10/h7H,4-6H2,1-3H3. The second-order valence-corrected chi connectivity index (χ2v) is 4.48. The van der Waals surface area contributed by atoms with Gasteiger partial charge in [0.05, 0.1) is 12.2 Å². The van der Waals surface area contributed by atoms with Crippen molar-refractivity contribution in [2.45, 2.75) is 27.2 Å². The van der Waals surface area contributed by atoms with Crippen LogP contribution in [-0.4, -0.2) is 31.8 Å². The number of hydrogen-bond acceptors (Lipinski definition) is 2. The first kappa shape index (κ1) is 11.3. The van der Waals surface area contributed by atoms with Gasteiger partial charge in [-0.05, 0) is 18.4 Å². The molecule has 1 heterocycles. The predicted octanol–water partition coefficient (Wildman–Crippen LogP) is 1.56. The van der Waals surface area contributed by atoms with Crippen LogP contribution in [-0.2, 0) is 9.53 Å². The fourth-order valence-electron chi connectivity index (χ4n) is 2.37. The number of allylic oxidation sites excluding steroid dienone is 3. The van der Waals surface area contributed by atoms with Crippen LogP contribution in [0.2, 0.25) is 0 Å². The summed E-state index contributed by atoms with van der Waals surface area (Å²) >= 11 is 0. The first-order chi connectivity index (χ1) is 7.52. The van der Waals surface area contributed by atoms with Crippen molar-refractivity contribution >= 4 is 13.8 Å². The van der Waals surface area contributed by atoms with Gasteiger partial charge >= 0.3 is 0 Å². The maximum absolute atomic E-state index is 11.6. The minimum atomic E-state index is 0.0532. The monoisotopic (exact) mass is 217 g/mol. The van der Waals surface area contributed by atoms with Gasteiger partial charge in [0, 0.05) is 13.3 Å². The van der Waals surface area contributed by atoms with Crippen LogP contribution in [0.3, 0.4) is 0 Å². The molecule has 0 bridgehead atoms. The summed E-state index contributed by atoms with van der Waals surface area (Å²) in [6.45, 7) is 6.83. The molecule has 1 atom stereocenters. The molecule has 0 saturated carbocycles. The summed E-state index contributed by atoms with van der Waals surface area (Å²) in [5, 5.41) is 0. The van der Waals surface area contributed by atoms with Gasteiger partial charge in [-0.1, -0.05) is 6.92 Å². The number of carbonyl (C=O) groups excluding carboxylic acids is 1. The highest BCUT2D eigenvalue weighted by molar-refractivity contribution is 6.22. The third kappa shape index (κ3) is 1.66. The number of amides is 1. The van der Waals surface area contributed by atoms with Crippen LogP contribution in [0.5, 0.6) is 0 Å². The van der Waals surface area contributed by atoms with Gasteiger partial charge in [0.25, 0.3) is 0 Å². The molecule has 0 spiro atoms. The lowest BCUT2D eigenvalue weighted by Gasteiger charge is -2.37. The van der Waals surface area contributed by atoms with E-state index in [0.717, 1.165) is 28.9 Å². The first-order valence-corrected chi connectivity index (χ1v) is 5.63. The van der Waals surface area contributed by atoms with Gasteiger partial charge in [0.1, 0.15) is 20.2 Å². The highest BCUT2D eigenvalue weighted by Gasteiger charge is 2.30. The van der Waals surface area contributed by atoms with Crippen molar-refractivity contribution < 1.29 is 9.53 Å². The molecule has 1 amide bonds. The molecule has 0 aromatic rings. The molecule has 2 rings (SSSR count). The van der Waals surface area contributed by atoms with Crippen molar-refractivity contribution in [2.75, 3.05) is 13.2 Å². The van der Waals surface area contributed by atoms with Crippen LogP contribution in [0.15, 0.2) is 22.5 Å². The van der Waals surface area contributed by atoms with E-state index in [1.807, 2.05) is 6.92 Å². The molecular weight excluding hydrogens is 201 g/mol. The molecule has 2 radical (unpaired) electrons. The van der Waals surface area contributed by atoms with Crippen molar-refractivity contribution in [3.8, 4) is 0 Å². The van der Waals surface area contributed by atoms with E-state index < -0.39 is 0 Å². The van der Waals surface area contributed by atoms with Gasteiger partial charge in [-0.15, -0.1) is 5.47 Å². The molecule has 16 heavy (non-hydrogen) atoms. The van der Waals surface area contributed by atoms with E-state index in [2.05, 4.69) is 6.92 Å². The lowest BCUT2D eigenvalue weighted by atomic mass is 9.74. The minimum absolute atomic E-state index is 0.0532. The maximum Gasteiger partial charge on any atom is 0.224 e. The van der Waals surface area contributed by atoms with Crippen molar-refractivity contribution in [1.29, 1.82) is 0 Å². The van der Waals surface area contributed by atoms with E-state index in [0.29, 0.717) is 19.1 Å². The summed E-state index contributed by atoms with van der Waals surface area (Å²) < 4.78 is 5.65. The van der Waals surface area contributed by atoms with Crippen LogP contribution in [0.4, 0.5) is 0 Å². The Bertz CT molecular complexity index is 398. The van der Waals surface area contributed by atoms with Gasteiger partial charge in [-0.3, -0.25) is 4.79 Å². The summed E-state index contributed by atoms with van der Waals surface area (Å²) in [7, 11) is 6.04. The summed E-state index contributed by atoms with van der Waals surface area (Å²) in [6, 6.07) is 0. The Balaban J connectivity index is 2.46. The molecule has 2 aliphatic rings. The number of rotatable bonds is 0.